The van der Waals surface area contributed by atoms with E-state index in [9.17, 15) is 18.0 Å². The van der Waals surface area contributed by atoms with Crippen LogP contribution >= 0.6 is 0 Å². The Hall–Kier alpha value is -1.63. The monoisotopic (exact) mass is 302 g/mol. The predicted molar refractivity (Wildman–Crippen MR) is 69.3 cm³/mol. The van der Waals surface area contributed by atoms with Crippen molar-refractivity contribution in [3.63, 3.8) is 0 Å². The average molecular weight is 302 g/mol. The Kier molecular flexibility index (Phi) is 4.51. The van der Waals surface area contributed by atoms with Crippen LogP contribution in [0.3, 0.4) is 0 Å². The third-order valence-corrected chi connectivity index (χ3v) is 3.83. The highest BCUT2D eigenvalue weighted by Crippen LogP contribution is 2.43. The highest BCUT2D eigenvalue weighted by atomic mass is 19.4. The molecule has 1 fully saturated rings. The number of pyridine rings is 1. The largest absolute Gasteiger partial charge is 0.412 e. The highest BCUT2D eigenvalue weighted by Gasteiger charge is 2.49. The Labute approximate surface area is 120 Å². The lowest BCUT2D eigenvalue weighted by Crippen LogP contribution is -2.51. The number of carbonyl (C=O) groups excluding carboxylic acids is 1. The zero-order chi connectivity index (χ0) is 15.5. The van der Waals surface area contributed by atoms with Gasteiger partial charge in [0.15, 0.2) is 6.04 Å². The second-order valence-electron chi connectivity index (χ2n) is 5.30. The summed E-state index contributed by atoms with van der Waals surface area (Å²) in [4.78, 5) is 15.9. The SMILES string of the molecule is COCC1(C(=O)NC(c2cccnc2)C(F)(F)F)CCC1. The van der Waals surface area contributed by atoms with Crippen molar-refractivity contribution in [1.29, 1.82) is 0 Å². The van der Waals surface area contributed by atoms with Gasteiger partial charge in [-0.25, -0.2) is 0 Å². The van der Waals surface area contributed by atoms with Gasteiger partial charge in [0.2, 0.25) is 5.91 Å². The van der Waals surface area contributed by atoms with Gasteiger partial charge in [-0.15, -0.1) is 0 Å². The Morgan fingerprint density at radius 2 is 2.24 bits per heavy atom. The molecular formula is C14H17F3N2O2. The number of hydrogen-bond acceptors (Lipinski definition) is 3. The summed E-state index contributed by atoms with van der Waals surface area (Å²) in [5, 5.41) is 2.12. The van der Waals surface area contributed by atoms with Gasteiger partial charge in [-0.1, -0.05) is 12.5 Å². The first kappa shape index (κ1) is 15.8. The van der Waals surface area contributed by atoms with Gasteiger partial charge in [0.25, 0.3) is 0 Å². The summed E-state index contributed by atoms with van der Waals surface area (Å²) in [5.74, 6) is -0.609. The first-order chi connectivity index (χ1) is 9.89. The molecule has 1 heterocycles. The van der Waals surface area contributed by atoms with Crippen LogP contribution in [0.1, 0.15) is 30.9 Å². The summed E-state index contributed by atoms with van der Waals surface area (Å²) < 4.78 is 44.6. The van der Waals surface area contributed by atoms with Gasteiger partial charge >= 0.3 is 6.18 Å². The summed E-state index contributed by atoms with van der Waals surface area (Å²) in [6, 6.07) is 0.664. The van der Waals surface area contributed by atoms with Gasteiger partial charge in [0.1, 0.15) is 0 Å². The molecular weight excluding hydrogens is 285 g/mol. The number of halogens is 3. The van der Waals surface area contributed by atoms with E-state index < -0.39 is 23.5 Å². The smallest absolute Gasteiger partial charge is 0.384 e. The van der Waals surface area contributed by atoms with E-state index in [2.05, 4.69) is 10.3 Å². The maximum atomic E-state index is 13.2. The maximum absolute atomic E-state index is 13.2. The Morgan fingerprint density at radius 3 is 2.67 bits per heavy atom. The number of nitrogens with one attached hydrogen (secondary N) is 1. The standard InChI is InChI=1S/C14H17F3N2O2/c1-21-9-13(5-3-6-13)12(20)19-11(14(15,16)17)10-4-2-7-18-8-10/h2,4,7-8,11H,3,5-6,9H2,1H3,(H,19,20). The number of hydrogen-bond donors (Lipinski definition) is 1. The van der Waals surface area contributed by atoms with Crippen LogP contribution in [0.15, 0.2) is 24.5 Å². The minimum absolute atomic E-state index is 0.0785. The topological polar surface area (TPSA) is 51.2 Å². The molecule has 0 saturated heterocycles. The zero-order valence-electron chi connectivity index (χ0n) is 11.6. The lowest BCUT2D eigenvalue weighted by molar-refractivity contribution is -0.170. The first-order valence-electron chi connectivity index (χ1n) is 6.66. The molecule has 0 aliphatic heterocycles. The molecule has 1 N–H and O–H groups in total. The molecule has 1 amide bonds. The summed E-state index contributed by atoms with van der Waals surface area (Å²) in [5.41, 5.74) is -0.911. The van der Waals surface area contributed by atoms with Crippen LogP contribution in [0.5, 0.6) is 0 Å². The van der Waals surface area contributed by atoms with Crippen LogP contribution in [-0.4, -0.2) is 30.8 Å². The minimum Gasteiger partial charge on any atom is -0.384 e. The van der Waals surface area contributed by atoms with Gasteiger partial charge < -0.3 is 10.1 Å². The summed E-state index contributed by atoms with van der Waals surface area (Å²) in [7, 11) is 1.44. The number of amides is 1. The zero-order valence-corrected chi connectivity index (χ0v) is 11.6. The van der Waals surface area contributed by atoms with E-state index in [-0.39, 0.29) is 12.2 Å². The number of aromatic nitrogens is 1. The Balaban J connectivity index is 2.18. The van der Waals surface area contributed by atoms with Crippen molar-refractivity contribution in [2.24, 2.45) is 5.41 Å². The quantitative estimate of drug-likeness (QED) is 0.909. The number of nitrogens with zero attached hydrogens (tertiary/aromatic N) is 1. The van der Waals surface area contributed by atoms with Crippen LogP contribution in [0.25, 0.3) is 0 Å². The normalized spacial score (nSPS) is 18.7. The van der Waals surface area contributed by atoms with E-state index in [1.165, 1.54) is 25.4 Å². The van der Waals surface area contributed by atoms with E-state index in [0.29, 0.717) is 12.8 Å². The minimum atomic E-state index is -4.57. The molecule has 1 saturated carbocycles. The molecule has 0 radical (unpaired) electrons. The van der Waals surface area contributed by atoms with Gasteiger partial charge in [-0.2, -0.15) is 13.2 Å². The van der Waals surface area contributed by atoms with Crippen molar-refractivity contribution in [3.8, 4) is 0 Å². The summed E-state index contributed by atoms with van der Waals surface area (Å²) >= 11 is 0. The van der Waals surface area contributed by atoms with Crippen molar-refractivity contribution >= 4 is 5.91 Å². The lowest BCUT2D eigenvalue weighted by Gasteiger charge is -2.40. The Morgan fingerprint density at radius 1 is 1.52 bits per heavy atom. The molecule has 1 aromatic rings. The van der Waals surface area contributed by atoms with Crippen molar-refractivity contribution in [2.45, 2.75) is 31.5 Å². The number of ether oxygens (including phenoxy) is 1. The molecule has 1 aliphatic carbocycles. The van der Waals surface area contributed by atoms with E-state index in [4.69, 9.17) is 4.74 Å². The predicted octanol–water partition coefficient (Wildman–Crippen LogP) is 2.62. The first-order valence-corrected chi connectivity index (χ1v) is 6.66. The van der Waals surface area contributed by atoms with Crippen molar-refractivity contribution < 1.29 is 22.7 Å². The third kappa shape index (κ3) is 3.34. The van der Waals surface area contributed by atoms with Crippen molar-refractivity contribution in [1.82, 2.24) is 10.3 Å². The fourth-order valence-corrected chi connectivity index (χ4v) is 2.50. The van der Waals surface area contributed by atoms with Crippen LogP contribution in [0.2, 0.25) is 0 Å². The molecule has 1 unspecified atom stereocenters. The number of carbonyl (C=O) groups is 1. The molecule has 0 spiro atoms. The van der Waals surface area contributed by atoms with Gasteiger partial charge in [0, 0.05) is 25.1 Å². The van der Waals surface area contributed by atoms with Crippen molar-refractivity contribution in [3.05, 3.63) is 30.1 Å². The summed E-state index contributed by atoms with van der Waals surface area (Å²) in [6.45, 7) is 0.135. The second-order valence-corrected chi connectivity index (χ2v) is 5.30. The molecule has 0 aromatic carbocycles. The summed E-state index contributed by atoms with van der Waals surface area (Å²) in [6.07, 6.45) is -0.162. The van der Waals surface area contributed by atoms with Crippen LogP contribution in [-0.2, 0) is 9.53 Å². The maximum Gasteiger partial charge on any atom is 0.412 e. The van der Waals surface area contributed by atoms with E-state index in [1.54, 1.807) is 0 Å². The van der Waals surface area contributed by atoms with E-state index in [0.717, 1.165) is 12.6 Å². The van der Waals surface area contributed by atoms with Crippen LogP contribution in [0, 0.1) is 5.41 Å². The van der Waals surface area contributed by atoms with Crippen LogP contribution < -0.4 is 5.32 Å². The molecule has 1 aromatic heterocycles. The third-order valence-electron chi connectivity index (χ3n) is 3.83. The van der Waals surface area contributed by atoms with E-state index >= 15 is 0 Å². The van der Waals surface area contributed by atoms with Crippen LogP contribution in [0.4, 0.5) is 13.2 Å². The molecule has 7 heteroatoms. The fourth-order valence-electron chi connectivity index (χ4n) is 2.50. The average Bonchev–Trinajstić information content (AvgIpc) is 2.39. The number of alkyl halides is 3. The molecule has 0 bridgehead atoms. The molecule has 1 aliphatic rings. The van der Waals surface area contributed by atoms with Gasteiger partial charge in [-0.05, 0) is 18.9 Å². The van der Waals surface area contributed by atoms with E-state index in [1.807, 2.05) is 0 Å². The fraction of sp³-hybridized carbons (Fsp3) is 0.571. The number of methoxy groups -OCH3 is 1. The second kappa shape index (κ2) is 6.01. The molecule has 116 valence electrons. The molecule has 1 atom stereocenters. The molecule has 4 nitrogen and oxygen atoms in total. The molecule has 21 heavy (non-hydrogen) atoms. The Bertz CT molecular complexity index is 487. The van der Waals surface area contributed by atoms with Gasteiger partial charge in [-0.3, -0.25) is 9.78 Å². The van der Waals surface area contributed by atoms with Gasteiger partial charge in [0.05, 0.1) is 12.0 Å². The highest BCUT2D eigenvalue weighted by molar-refractivity contribution is 5.84. The number of rotatable bonds is 5. The lowest BCUT2D eigenvalue weighted by atomic mass is 9.68. The van der Waals surface area contributed by atoms with Crippen molar-refractivity contribution in [2.75, 3.05) is 13.7 Å². The molecule has 2 rings (SSSR count).